The van der Waals surface area contributed by atoms with E-state index in [4.69, 9.17) is 10.2 Å². The van der Waals surface area contributed by atoms with Gasteiger partial charge in [-0.3, -0.25) is 9.59 Å². The molecule has 40 heavy (non-hydrogen) atoms. The van der Waals surface area contributed by atoms with Gasteiger partial charge in [0.2, 0.25) is 0 Å². The summed E-state index contributed by atoms with van der Waals surface area (Å²) in [6, 6.07) is 0. The fourth-order valence-electron chi connectivity index (χ4n) is 6.30. The fourth-order valence-corrected chi connectivity index (χ4v) is 6.30. The second-order valence-corrected chi connectivity index (χ2v) is 11.9. The van der Waals surface area contributed by atoms with Crippen molar-refractivity contribution in [2.75, 3.05) is 0 Å². The molecule has 0 aromatic carbocycles. The molecule has 0 aromatic rings. The molecule has 4 atom stereocenters. The van der Waals surface area contributed by atoms with Gasteiger partial charge in [-0.15, -0.1) is 13.2 Å². The Morgan fingerprint density at radius 2 is 1.02 bits per heavy atom. The van der Waals surface area contributed by atoms with Gasteiger partial charge in [0.05, 0.1) is 0 Å². The lowest BCUT2D eigenvalue weighted by Gasteiger charge is -2.39. The summed E-state index contributed by atoms with van der Waals surface area (Å²) in [6.07, 6.45) is 37.5. The number of allylic oxidation sites excluding steroid dienone is 6. The van der Waals surface area contributed by atoms with E-state index in [1.807, 2.05) is 12.2 Å². The lowest BCUT2D eigenvalue weighted by atomic mass is 9.66. The van der Waals surface area contributed by atoms with Crippen LogP contribution in [0.3, 0.4) is 0 Å². The molecule has 1 aliphatic rings. The molecule has 0 spiro atoms. The molecule has 4 nitrogen and oxygen atoms in total. The second-order valence-electron chi connectivity index (χ2n) is 11.9. The van der Waals surface area contributed by atoms with Crippen molar-refractivity contribution in [3.8, 4) is 0 Å². The molecular formula is C36H60O4. The molecule has 0 aliphatic heterocycles. The van der Waals surface area contributed by atoms with Gasteiger partial charge in [0.25, 0.3) is 0 Å². The van der Waals surface area contributed by atoms with E-state index in [0.29, 0.717) is 36.5 Å². The summed E-state index contributed by atoms with van der Waals surface area (Å²) in [6.45, 7) is 7.81. The summed E-state index contributed by atoms with van der Waals surface area (Å²) in [5.74, 6) is 1.19. The van der Waals surface area contributed by atoms with Gasteiger partial charge in [-0.2, -0.15) is 0 Å². The van der Waals surface area contributed by atoms with Crippen molar-refractivity contribution in [3.63, 3.8) is 0 Å². The van der Waals surface area contributed by atoms with Crippen LogP contribution >= 0.6 is 0 Å². The molecule has 0 saturated heterocycles. The van der Waals surface area contributed by atoms with E-state index in [9.17, 15) is 9.59 Å². The number of carbonyl (C=O) groups is 2. The summed E-state index contributed by atoms with van der Waals surface area (Å²) in [5, 5.41) is 17.7. The van der Waals surface area contributed by atoms with E-state index in [0.717, 1.165) is 57.8 Å². The summed E-state index contributed by atoms with van der Waals surface area (Å²) >= 11 is 0. The standard InChI is InChI=1S/C36H60O4/c1-3-5-7-17-23-31-29-30-32(24-18-13-12-16-22-28-36(39)40)34(33(31)25-19-8-6-4-2)26-20-14-10-9-11-15-21-27-35(37)38/h3-4,20,26,29-34H,1-2,5-19,21-25,27-28H2,(H,37,38)(H,39,40)/b26-20-. The summed E-state index contributed by atoms with van der Waals surface area (Å²) in [7, 11) is 0. The zero-order valence-electron chi connectivity index (χ0n) is 25.5. The first kappa shape index (κ1) is 35.9. The Bertz CT molecular complexity index is 737. The number of hydrogen-bond acceptors (Lipinski definition) is 2. The molecular weight excluding hydrogens is 496 g/mol. The van der Waals surface area contributed by atoms with Crippen LogP contribution in [0.25, 0.3) is 0 Å². The predicted octanol–water partition coefficient (Wildman–Crippen LogP) is 10.7. The van der Waals surface area contributed by atoms with Crippen LogP contribution in [0.4, 0.5) is 0 Å². The zero-order chi connectivity index (χ0) is 29.3. The van der Waals surface area contributed by atoms with Crippen LogP contribution in [-0.4, -0.2) is 22.2 Å². The molecule has 0 radical (unpaired) electrons. The minimum absolute atomic E-state index is 0.293. The molecule has 4 unspecified atom stereocenters. The topological polar surface area (TPSA) is 74.6 Å². The zero-order valence-corrected chi connectivity index (χ0v) is 25.5. The number of rotatable bonds is 27. The van der Waals surface area contributed by atoms with Crippen LogP contribution in [0, 0.1) is 23.7 Å². The van der Waals surface area contributed by atoms with Crippen LogP contribution < -0.4 is 0 Å². The number of aliphatic carboxylic acids is 2. The molecule has 1 aliphatic carbocycles. The van der Waals surface area contributed by atoms with Crippen molar-refractivity contribution in [2.24, 2.45) is 23.7 Å². The smallest absolute Gasteiger partial charge is 0.303 e. The lowest BCUT2D eigenvalue weighted by Crippen LogP contribution is -2.30. The van der Waals surface area contributed by atoms with E-state index >= 15 is 0 Å². The fraction of sp³-hybridized carbons (Fsp3) is 0.722. The molecule has 228 valence electrons. The van der Waals surface area contributed by atoms with E-state index in [2.05, 4.69) is 37.5 Å². The van der Waals surface area contributed by atoms with Crippen molar-refractivity contribution in [1.29, 1.82) is 0 Å². The van der Waals surface area contributed by atoms with Crippen LogP contribution in [0.15, 0.2) is 49.6 Å². The molecule has 0 aromatic heterocycles. The van der Waals surface area contributed by atoms with Crippen molar-refractivity contribution in [2.45, 2.75) is 141 Å². The van der Waals surface area contributed by atoms with Crippen LogP contribution in [-0.2, 0) is 9.59 Å². The first-order valence-corrected chi connectivity index (χ1v) is 16.5. The number of carboxylic acid groups (broad SMARTS) is 2. The second kappa shape index (κ2) is 24.7. The number of unbranched alkanes of at least 4 members (excludes halogenated alkanes) is 13. The van der Waals surface area contributed by atoms with E-state index in [1.54, 1.807) is 0 Å². The average molecular weight is 557 g/mol. The molecule has 4 heteroatoms. The van der Waals surface area contributed by atoms with E-state index in [-0.39, 0.29) is 0 Å². The maximum Gasteiger partial charge on any atom is 0.303 e. The Morgan fingerprint density at radius 3 is 1.62 bits per heavy atom. The highest BCUT2D eigenvalue weighted by atomic mass is 16.4. The van der Waals surface area contributed by atoms with Gasteiger partial charge in [0, 0.05) is 12.8 Å². The minimum Gasteiger partial charge on any atom is -0.481 e. The van der Waals surface area contributed by atoms with Crippen molar-refractivity contribution >= 4 is 11.9 Å². The molecule has 0 bridgehead atoms. The maximum absolute atomic E-state index is 10.8. The van der Waals surface area contributed by atoms with E-state index in [1.165, 1.54) is 70.6 Å². The molecule has 0 saturated carbocycles. The largest absolute Gasteiger partial charge is 0.481 e. The quantitative estimate of drug-likeness (QED) is 0.0779. The highest BCUT2D eigenvalue weighted by molar-refractivity contribution is 5.66. The molecule has 0 fully saturated rings. The van der Waals surface area contributed by atoms with Crippen LogP contribution in [0.5, 0.6) is 0 Å². The first-order chi connectivity index (χ1) is 19.5. The van der Waals surface area contributed by atoms with Crippen molar-refractivity contribution < 1.29 is 19.8 Å². The third-order valence-corrected chi connectivity index (χ3v) is 8.58. The van der Waals surface area contributed by atoms with E-state index < -0.39 is 11.9 Å². The first-order valence-electron chi connectivity index (χ1n) is 16.5. The average Bonchev–Trinajstić information content (AvgIpc) is 2.93. The highest BCUT2D eigenvalue weighted by Crippen LogP contribution is 2.43. The lowest BCUT2D eigenvalue weighted by molar-refractivity contribution is -0.138. The van der Waals surface area contributed by atoms with Gasteiger partial charge < -0.3 is 10.2 Å². The number of hydrogen-bond donors (Lipinski definition) is 2. The Kier molecular flexibility index (Phi) is 22.2. The Labute approximate surface area is 246 Å². The summed E-state index contributed by atoms with van der Waals surface area (Å²) in [5.41, 5.74) is 0. The normalized spacial score (nSPS) is 20.6. The highest BCUT2D eigenvalue weighted by Gasteiger charge is 2.33. The van der Waals surface area contributed by atoms with Crippen LogP contribution in [0.2, 0.25) is 0 Å². The van der Waals surface area contributed by atoms with Gasteiger partial charge in [0.1, 0.15) is 0 Å². The third kappa shape index (κ3) is 18.3. The van der Waals surface area contributed by atoms with Crippen molar-refractivity contribution in [1.82, 2.24) is 0 Å². The van der Waals surface area contributed by atoms with Gasteiger partial charge in [-0.25, -0.2) is 0 Å². The molecule has 2 N–H and O–H groups in total. The predicted molar refractivity (Wildman–Crippen MR) is 169 cm³/mol. The third-order valence-electron chi connectivity index (χ3n) is 8.58. The Balaban J connectivity index is 2.75. The molecule has 1 rings (SSSR count). The SMILES string of the molecule is C=CCCCCC1C=CC(CCCCCCCC(=O)O)C(/C=C\CCCCCCCC(=O)O)C1CCCCC=C. The molecule has 0 amide bonds. The Hall–Kier alpha value is -2.10. The Morgan fingerprint density at radius 1 is 0.575 bits per heavy atom. The van der Waals surface area contributed by atoms with Crippen molar-refractivity contribution in [3.05, 3.63) is 49.6 Å². The van der Waals surface area contributed by atoms with Crippen LogP contribution in [0.1, 0.15) is 141 Å². The van der Waals surface area contributed by atoms with Gasteiger partial charge in [0.15, 0.2) is 0 Å². The van der Waals surface area contributed by atoms with Gasteiger partial charge in [-0.05, 0) is 94.3 Å². The monoisotopic (exact) mass is 556 g/mol. The van der Waals surface area contributed by atoms with Gasteiger partial charge in [-0.1, -0.05) is 94.2 Å². The molecule has 0 heterocycles. The number of carboxylic acids is 2. The minimum atomic E-state index is -0.685. The maximum atomic E-state index is 10.8. The van der Waals surface area contributed by atoms with Gasteiger partial charge >= 0.3 is 11.9 Å². The summed E-state index contributed by atoms with van der Waals surface area (Å²) in [4.78, 5) is 21.5. The summed E-state index contributed by atoms with van der Waals surface area (Å²) < 4.78 is 0.